The molecule has 2 bridgehead atoms. The maximum absolute atomic E-state index is 13.5. The van der Waals surface area contributed by atoms with Crippen LogP contribution in [0.25, 0.3) is 0 Å². The van der Waals surface area contributed by atoms with Crippen molar-refractivity contribution in [1.82, 2.24) is 5.32 Å². The van der Waals surface area contributed by atoms with Gasteiger partial charge in [-0.3, -0.25) is 9.59 Å². The molecule has 4 rings (SSSR count). The predicted molar refractivity (Wildman–Crippen MR) is 93.5 cm³/mol. The van der Waals surface area contributed by atoms with Crippen LogP contribution in [-0.2, 0) is 9.59 Å². The molecule has 2 N–H and O–H groups in total. The first kappa shape index (κ1) is 16.6. The molecular formula is C20H25FN2O2. The maximum atomic E-state index is 13.5. The monoisotopic (exact) mass is 344 g/mol. The third kappa shape index (κ3) is 2.31. The highest BCUT2D eigenvalue weighted by atomic mass is 19.1. The third-order valence-electron chi connectivity index (χ3n) is 7.48. The van der Waals surface area contributed by atoms with E-state index in [-0.39, 0.29) is 35.1 Å². The number of halogens is 1. The topological polar surface area (TPSA) is 58.2 Å². The summed E-state index contributed by atoms with van der Waals surface area (Å²) in [6.45, 7) is 6.90. The van der Waals surface area contributed by atoms with Gasteiger partial charge in [0, 0.05) is 18.2 Å². The minimum atomic E-state index is -0.546. The highest BCUT2D eigenvalue weighted by Crippen LogP contribution is 2.65. The number of fused-ring (bicyclic) bond motifs is 3. The molecule has 1 aromatic carbocycles. The lowest BCUT2D eigenvalue weighted by Crippen LogP contribution is -2.49. The van der Waals surface area contributed by atoms with Gasteiger partial charge < -0.3 is 10.6 Å². The Bertz CT molecular complexity index is 760. The van der Waals surface area contributed by atoms with Gasteiger partial charge in [0.2, 0.25) is 11.8 Å². The van der Waals surface area contributed by atoms with E-state index >= 15 is 0 Å². The normalized spacial score (nSPS) is 35.2. The van der Waals surface area contributed by atoms with Gasteiger partial charge in [-0.1, -0.05) is 26.8 Å². The van der Waals surface area contributed by atoms with Crippen molar-refractivity contribution in [3.63, 3.8) is 0 Å². The van der Waals surface area contributed by atoms with Gasteiger partial charge in [0.05, 0.1) is 5.92 Å². The van der Waals surface area contributed by atoms with Crippen molar-refractivity contribution in [3.05, 3.63) is 29.6 Å². The maximum Gasteiger partial charge on any atom is 0.228 e. The van der Waals surface area contributed by atoms with E-state index in [0.717, 1.165) is 12.8 Å². The summed E-state index contributed by atoms with van der Waals surface area (Å²) in [5.74, 6) is -0.675. The quantitative estimate of drug-likeness (QED) is 0.861. The number of carbonyl (C=O) groups excluding carboxylic acids is 2. The number of amides is 2. The van der Waals surface area contributed by atoms with Crippen LogP contribution in [0, 0.1) is 22.6 Å². The summed E-state index contributed by atoms with van der Waals surface area (Å²) in [5.41, 5.74) is 1.42. The molecule has 0 spiro atoms. The summed E-state index contributed by atoms with van der Waals surface area (Å²) < 4.78 is 13.5. The standard InChI is InChI=1S/C20H25FN2O2/c1-19(2)11-6-7-20(19,3)16(8-11)23-18(25)14-10-17(24)22-15-9-12(21)4-5-13(14)15/h4-5,9,11,14,16H,6-8,10H2,1-3H3,(H,22,24)(H,23,25). The minimum absolute atomic E-state index is 0.0931. The molecule has 3 aliphatic rings. The van der Waals surface area contributed by atoms with Crippen molar-refractivity contribution in [2.45, 2.75) is 58.4 Å². The Labute approximate surface area is 147 Å². The molecule has 25 heavy (non-hydrogen) atoms. The van der Waals surface area contributed by atoms with Gasteiger partial charge in [-0.25, -0.2) is 4.39 Å². The molecule has 4 nitrogen and oxygen atoms in total. The number of anilines is 1. The molecule has 5 heteroatoms. The third-order valence-corrected chi connectivity index (χ3v) is 7.48. The molecule has 2 aliphatic carbocycles. The molecule has 2 amide bonds. The lowest BCUT2D eigenvalue weighted by atomic mass is 9.69. The van der Waals surface area contributed by atoms with Crippen molar-refractivity contribution in [1.29, 1.82) is 0 Å². The molecule has 4 atom stereocenters. The molecule has 2 saturated carbocycles. The minimum Gasteiger partial charge on any atom is -0.352 e. The number of nitrogens with one attached hydrogen (secondary N) is 2. The zero-order chi connectivity index (χ0) is 18.0. The molecule has 2 fully saturated rings. The van der Waals surface area contributed by atoms with E-state index in [0.29, 0.717) is 17.2 Å². The van der Waals surface area contributed by atoms with E-state index < -0.39 is 11.7 Å². The highest BCUT2D eigenvalue weighted by molar-refractivity contribution is 6.01. The van der Waals surface area contributed by atoms with E-state index in [1.807, 2.05) is 0 Å². The lowest BCUT2D eigenvalue weighted by Gasteiger charge is -2.40. The van der Waals surface area contributed by atoms with Gasteiger partial charge in [0.1, 0.15) is 5.82 Å². The van der Waals surface area contributed by atoms with Crippen LogP contribution in [0.5, 0.6) is 0 Å². The number of rotatable bonds is 2. The first-order valence-electron chi connectivity index (χ1n) is 9.12. The van der Waals surface area contributed by atoms with Crippen LogP contribution in [0.3, 0.4) is 0 Å². The zero-order valence-electron chi connectivity index (χ0n) is 15.0. The van der Waals surface area contributed by atoms with Gasteiger partial charge in [0.25, 0.3) is 0 Å². The average molecular weight is 344 g/mol. The van der Waals surface area contributed by atoms with Crippen LogP contribution in [0.2, 0.25) is 0 Å². The fourth-order valence-electron chi connectivity index (χ4n) is 5.37. The fraction of sp³-hybridized carbons (Fsp3) is 0.600. The highest BCUT2D eigenvalue weighted by Gasteiger charge is 2.61. The molecule has 1 aliphatic heterocycles. The Morgan fingerprint density at radius 2 is 2.08 bits per heavy atom. The summed E-state index contributed by atoms with van der Waals surface area (Å²) in [6, 6.07) is 4.39. The second-order valence-corrected chi connectivity index (χ2v) is 8.71. The smallest absolute Gasteiger partial charge is 0.228 e. The molecule has 0 radical (unpaired) electrons. The molecular weight excluding hydrogens is 319 g/mol. The number of benzene rings is 1. The number of hydrogen-bond donors (Lipinski definition) is 2. The number of hydrogen-bond acceptors (Lipinski definition) is 2. The van der Waals surface area contributed by atoms with Gasteiger partial charge in [-0.15, -0.1) is 0 Å². The Kier molecular flexibility index (Phi) is 3.50. The molecule has 0 aromatic heterocycles. The van der Waals surface area contributed by atoms with E-state index in [4.69, 9.17) is 0 Å². The Morgan fingerprint density at radius 1 is 1.32 bits per heavy atom. The predicted octanol–water partition coefficient (Wildman–Crippen LogP) is 3.58. The average Bonchev–Trinajstić information content (AvgIpc) is 2.87. The SMILES string of the molecule is CC1(C)C2CCC1(C)C(NC(=O)C1CC(=O)Nc3cc(F)ccc31)C2. The van der Waals surface area contributed by atoms with Crippen LogP contribution in [0.15, 0.2) is 18.2 Å². The Balaban J connectivity index is 1.58. The van der Waals surface area contributed by atoms with Gasteiger partial charge >= 0.3 is 0 Å². The van der Waals surface area contributed by atoms with Crippen LogP contribution < -0.4 is 10.6 Å². The van der Waals surface area contributed by atoms with E-state index in [9.17, 15) is 14.0 Å². The molecule has 0 saturated heterocycles. The van der Waals surface area contributed by atoms with Gasteiger partial charge in [0.15, 0.2) is 0 Å². The van der Waals surface area contributed by atoms with Crippen molar-refractivity contribution in [3.8, 4) is 0 Å². The van der Waals surface area contributed by atoms with Gasteiger partial charge in [-0.05, 0) is 53.7 Å². The van der Waals surface area contributed by atoms with Crippen molar-refractivity contribution in [2.75, 3.05) is 5.32 Å². The van der Waals surface area contributed by atoms with Crippen LogP contribution in [-0.4, -0.2) is 17.9 Å². The van der Waals surface area contributed by atoms with Crippen molar-refractivity contribution < 1.29 is 14.0 Å². The lowest BCUT2D eigenvalue weighted by molar-refractivity contribution is -0.127. The van der Waals surface area contributed by atoms with Crippen molar-refractivity contribution in [2.24, 2.45) is 16.7 Å². The second-order valence-electron chi connectivity index (χ2n) is 8.71. The Morgan fingerprint density at radius 3 is 2.72 bits per heavy atom. The van der Waals surface area contributed by atoms with Crippen LogP contribution in [0.1, 0.15) is 57.9 Å². The van der Waals surface area contributed by atoms with Crippen LogP contribution >= 0.6 is 0 Å². The summed E-state index contributed by atoms with van der Waals surface area (Å²) >= 11 is 0. The van der Waals surface area contributed by atoms with E-state index in [1.165, 1.54) is 18.6 Å². The number of carbonyl (C=O) groups is 2. The summed E-state index contributed by atoms with van der Waals surface area (Å²) in [7, 11) is 0. The molecule has 4 unspecified atom stereocenters. The Hall–Kier alpha value is -1.91. The zero-order valence-corrected chi connectivity index (χ0v) is 15.0. The van der Waals surface area contributed by atoms with Crippen molar-refractivity contribution >= 4 is 17.5 Å². The van der Waals surface area contributed by atoms with E-state index in [2.05, 4.69) is 31.4 Å². The summed E-state index contributed by atoms with van der Waals surface area (Å²) in [6.07, 6.45) is 3.47. The largest absolute Gasteiger partial charge is 0.352 e. The summed E-state index contributed by atoms with van der Waals surface area (Å²) in [4.78, 5) is 25.0. The molecule has 134 valence electrons. The molecule has 1 heterocycles. The fourth-order valence-corrected chi connectivity index (χ4v) is 5.37. The summed E-state index contributed by atoms with van der Waals surface area (Å²) in [5, 5.41) is 5.91. The van der Waals surface area contributed by atoms with E-state index in [1.54, 1.807) is 6.07 Å². The first-order valence-corrected chi connectivity index (χ1v) is 9.12. The van der Waals surface area contributed by atoms with Gasteiger partial charge in [-0.2, -0.15) is 0 Å². The molecule has 1 aromatic rings. The first-order chi connectivity index (χ1) is 11.7. The van der Waals surface area contributed by atoms with Crippen LogP contribution in [0.4, 0.5) is 10.1 Å². The second kappa shape index (κ2) is 5.29.